The van der Waals surface area contributed by atoms with Gasteiger partial charge in [-0.25, -0.2) is 0 Å². The van der Waals surface area contributed by atoms with Crippen molar-refractivity contribution in [3.63, 3.8) is 0 Å². The van der Waals surface area contributed by atoms with Gasteiger partial charge in [-0.1, -0.05) is 20.8 Å². The molecule has 0 aliphatic heterocycles. The first kappa shape index (κ1) is 15.0. The van der Waals surface area contributed by atoms with E-state index >= 15 is 0 Å². The van der Waals surface area contributed by atoms with Crippen LogP contribution in [-0.2, 0) is 14.3 Å². The van der Waals surface area contributed by atoms with E-state index in [2.05, 4.69) is 0 Å². The average Bonchev–Trinajstić information content (AvgIpc) is 3.01. The van der Waals surface area contributed by atoms with Crippen LogP contribution < -0.4 is 0 Å². The zero-order valence-corrected chi connectivity index (χ0v) is 12.2. The first-order valence-corrected chi connectivity index (χ1v) is 6.80. The lowest BCUT2D eigenvalue weighted by molar-refractivity contribution is -0.160. The molecule has 4 nitrogen and oxygen atoms in total. The third kappa shape index (κ3) is 3.47. The van der Waals surface area contributed by atoms with E-state index in [9.17, 15) is 9.59 Å². The van der Waals surface area contributed by atoms with Crippen molar-refractivity contribution in [2.24, 2.45) is 11.3 Å². The Bertz CT molecular complexity index is 315. The summed E-state index contributed by atoms with van der Waals surface area (Å²) in [6.45, 7) is 10.4. The van der Waals surface area contributed by atoms with Gasteiger partial charge in [-0.3, -0.25) is 9.59 Å². The van der Waals surface area contributed by atoms with Crippen LogP contribution >= 0.6 is 0 Å². The number of nitrogens with zero attached hydrogens (tertiary/aromatic N) is 1. The molecule has 0 aromatic carbocycles. The molecule has 0 spiro atoms. The highest BCUT2D eigenvalue weighted by atomic mass is 16.5. The van der Waals surface area contributed by atoms with E-state index in [-0.39, 0.29) is 5.91 Å². The molecule has 104 valence electrons. The van der Waals surface area contributed by atoms with Gasteiger partial charge >= 0.3 is 5.97 Å². The van der Waals surface area contributed by atoms with E-state index in [4.69, 9.17) is 4.74 Å². The summed E-state index contributed by atoms with van der Waals surface area (Å²) in [5.41, 5.74) is -0.411. The molecule has 0 aromatic heterocycles. The van der Waals surface area contributed by atoms with E-state index in [1.54, 1.807) is 6.92 Å². The van der Waals surface area contributed by atoms with Crippen molar-refractivity contribution in [1.29, 1.82) is 0 Å². The minimum atomic E-state index is -0.696. The van der Waals surface area contributed by atoms with Crippen molar-refractivity contribution in [1.82, 2.24) is 4.90 Å². The van der Waals surface area contributed by atoms with Gasteiger partial charge in [-0.15, -0.1) is 0 Å². The second-order valence-electron chi connectivity index (χ2n) is 5.91. The molecule has 1 amide bonds. The molecule has 0 radical (unpaired) electrons. The molecule has 18 heavy (non-hydrogen) atoms. The van der Waals surface area contributed by atoms with Crippen molar-refractivity contribution in [2.75, 3.05) is 13.2 Å². The maximum absolute atomic E-state index is 12.5. The Morgan fingerprint density at radius 2 is 1.83 bits per heavy atom. The number of carbonyl (C=O) groups excluding carboxylic acids is 2. The van der Waals surface area contributed by atoms with Gasteiger partial charge in [0.25, 0.3) is 0 Å². The highest BCUT2D eigenvalue weighted by Crippen LogP contribution is 2.33. The molecule has 0 bridgehead atoms. The second-order valence-corrected chi connectivity index (χ2v) is 5.91. The lowest BCUT2D eigenvalue weighted by Gasteiger charge is -2.32. The molecule has 0 N–H and O–H groups in total. The van der Waals surface area contributed by atoms with Crippen LogP contribution in [0.4, 0.5) is 0 Å². The molecular weight excluding hydrogens is 230 g/mol. The lowest BCUT2D eigenvalue weighted by Crippen LogP contribution is -2.46. The SMILES string of the molecule is CCOC(=O)C(C(=O)N(CC)C1CC1)C(C)(C)C. The summed E-state index contributed by atoms with van der Waals surface area (Å²) in [6, 6.07) is 0.335. The number of hydrogen-bond donors (Lipinski definition) is 0. The number of rotatable bonds is 5. The van der Waals surface area contributed by atoms with Crippen LogP contribution in [0.5, 0.6) is 0 Å². The van der Waals surface area contributed by atoms with Crippen LogP contribution in [0.1, 0.15) is 47.5 Å². The maximum atomic E-state index is 12.5. The quantitative estimate of drug-likeness (QED) is 0.559. The molecule has 1 unspecified atom stereocenters. The lowest BCUT2D eigenvalue weighted by atomic mass is 9.79. The standard InChI is InChI=1S/C14H25NO3/c1-6-15(10-8-9-10)12(16)11(14(3,4)5)13(17)18-7-2/h10-11H,6-9H2,1-5H3. The van der Waals surface area contributed by atoms with Gasteiger partial charge in [0.05, 0.1) is 6.61 Å². The highest BCUT2D eigenvalue weighted by molar-refractivity contribution is 5.98. The molecule has 1 aliphatic rings. The molecule has 1 rings (SSSR count). The van der Waals surface area contributed by atoms with E-state index in [1.165, 1.54) is 0 Å². The van der Waals surface area contributed by atoms with Gasteiger partial charge in [-0.2, -0.15) is 0 Å². The van der Waals surface area contributed by atoms with E-state index in [0.29, 0.717) is 19.2 Å². The number of ether oxygens (including phenoxy) is 1. The summed E-state index contributed by atoms with van der Waals surface area (Å²) in [7, 11) is 0. The largest absolute Gasteiger partial charge is 0.465 e. The van der Waals surface area contributed by atoms with Gasteiger partial charge in [0.1, 0.15) is 5.92 Å². The first-order chi connectivity index (χ1) is 8.32. The van der Waals surface area contributed by atoms with Crippen molar-refractivity contribution >= 4 is 11.9 Å². The fourth-order valence-corrected chi connectivity index (χ4v) is 2.20. The Labute approximate surface area is 110 Å². The Kier molecular flexibility index (Phi) is 4.77. The molecule has 0 saturated heterocycles. The van der Waals surface area contributed by atoms with Crippen LogP contribution in [-0.4, -0.2) is 36.0 Å². The molecule has 0 heterocycles. The molecule has 4 heteroatoms. The summed E-state index contributed by atoms with van der Waals surface area (Å²) in [6.07, 6.45) is 2.11. The highest BCUT2D eigenvalue weighted by Gasteiger charge is 2.44. The maximum Gasteiger partial charge on any atom is 0.319 e. The second kappa shape index (κ2) is 5.72. The summed E-state index contributed by atoms with van der Waals surface area (Å²) < 4.78 is 5.06. The predicted molar refractivity (Wildman–Crippen MR) is 70.0 cm³/mol. The van der Waals surface area contributed by atoms with E-state index in [0.717, 1.165) is 12.8 Å². The topological polar surface area (TPSA) is 46.6 Å². The van der Waals surface area contributed by atoms with E-state index in [1.807, 2.05) is 32.6 Å². The summed E-state index contributed by atoms with van der Waals surface area (Å²) in [5, 5.41) is 0. The molecule has 1 atom stereocenters. The minimum Gasteiger partial charge on any atom is -0.465 e. The average molecular weight is 255 g/mol. The third-order valence-corrected chi connectivity index (χ3v) is 3.25. The van der Waals surface area contributed by atoms with Crippen LogP contribution in [0.15, 0.2) is 0 Å². The fourth-order valence-electron chi connectivity index (χ4n) is 2.20. The predicted octanol–water partition coefficient (Wildman–Crippen LogP) is 2.22. The van der Waals surface area contributed by atoms with Crippen LogP contribution in [0, 0.1) is 11.3 Å². The molecule has 1 aliphatic carbocycles. The zero-order valence-electron chi connectivity index (χ0n) is 12.2. The van der Waals surface area contributed by atoms with Crippen LogP contribution in [0.25, 0.3) is 0 Å². The molecule has 1 fully saturated rings. The van der Waals surface area contributed by atoms with Crippen LogP contribution in [0.2, 0.25) is 0 Å². The monoisotopic (exact) mass is 255 g/mol. The first-order valence-electron chi connectivity index (χ1n) is 6.80. The van der Waals surface area contributed by atoms with Gasteiger partial charge in [0, 0.05) is 12.6 Å². The number of esters is 1. The van der Waals surface area contributed by atoms with Gasteiger partial charge in [-0.05, 0) is 32.1 Å². The normalized spacial score (nSPS) is 17.2. The number of carbonyl (C=O) groups is 2. The number of hydrogen-bond acceptors (Lipinski definition) is 3. The van der Waals surface area contributed by atoms with E-state index < -0.39 is 17.3 Å². The Hall–Kier alpha value is -1.06. The van der Waals surface area contributed by atoms with Crippen molar-refractivity contribution in [2.45, 2.75) is 53.5 Å². The summed E-state index contributed by atoms with van der Waals surface area (Å²) >= 11 is 0. The Morgan fingerprint density at radius 1 is 1.28 bits per heavy atom. The summed E-state index contributed by atoms with van der Waals surface area (Å²) in [5.74, 6) is -1.17. The smallest absolute Gasteiger partial charge is 0.319 e. The minimum absolute atomic E-state index is 0.0778. The summed E-state index contributed by atoms with van der Waals surface area (Å²) in [4.78, 5) is 26.4. The number of amides is 1. The van der Waals surface area contributed by atoms with Crippen molar-refractivity contribution in [3.8, 4) is 0 Å². The fraction of sp³-hybridized carbons (Fsp3) is 0.857. The van der Waals surface area contributed by atoms with Gasteiger partial charge < -0.3 is 9.64 Å². The van der Waals surface area contributed by atoms with Gasteiger partial charge in [0.15, 0.2) is 0 Å². The van der Waals surface area contributed by atoms with Crippen molar-refractivity contribution < 1.29 is 14.3 Å². The molecule has 0 aromatic rings. The zero-order chi connectivity index (χ0) is 13.9. The third-order valence-electron chi connectivity index (χ3n) is 3.25. The molecule has 1 saturated carbocycles. The Morgan fingerprint density at radius 3 is 2.17 bits per heavy atom. The van der Waals surface area contributed by atoms with Gasteiger partial charge in [0.2, 0.25) is 5.91 Å². The van der Waals surface area contributed by atoms with Crippen LogP contribution in [0.3, 0.4) is 0 Å². The molecular formula is C14H25NO3. The van der Waals surface area contributed by atoms with Crippen molar-refractivity contribution in [3.05, 3.63) is 0 Å². The Balaban J connectivity index is 2.88.